The number of benzene rings is 2. The molecule has 3 heterocycles. The largest absolute Gasteiger partial charge is 0.454 e. The molecule has 30 heavy (non-hydrogen) atoms. The van der Waals surface area contributed by atoms with Gasteiger partial charge < -0.3 is 24.6 Å². The van der Waals surface area contributed by atoms with Gasteiger partial charge >= 0.3 is 0 Å². The van der Waals surface area contributed by atoms with Crippen molar-refractivity contribution in [1.82, 2.24) is 9.80 Å². The highest BCUT2D eigenvalue weighted by Gasteiger charge is 2.27. The smallest absolute Gasteiger partial charge is 0.254 e. The molecule has 3 aliphatic rings. The third-order valence-corrected chi connectivity index (χ3v) is 5.72. The second kappa shape index (κ2) is 7.37. The van der Waals surface area contributed by atoms with E-state index in [1.807, 2.05) is 6.07 Å². The highest BCUT2D eigenvalue weighted by molar-refractivity contribution is 5.98. The minimum atomic E-state index is -0.0788. The van der Waals surface area contributed by atoms with Crippen LogP contribution in [0.4, 0.5) is 5.69 Å². The van der Waals surface area contributed by atoms with E-state index in [0.717, 1.165) is 11.3 Å². The minimum Gasteiger partial charge on any atom is -0.454 e. The van der Waals surface area contributed by atoms with Gasteiger partial charge in [0.25, 0.3) is 11.8 Å². The number of hydrogen-bond donors (Lipinski definition) is 1. The van der Waals surface area contributed by atoms with Gasteiger partial charge in [-0.2, -0.15) is 0 Å². The van der Waals surface area contributed by atoms with E-state index in [9.17, 15) is 14.4 Å². The zero-order chi connectivity index (χ0) is 20.7. The van der Waals surface area contributed by atoms with Crippen LogP contribution < -0.4 is 14.8 Å². The lowest BCUT2D eigenvalue weighted by atomic mass is 10.00. The minimum absolute atomic E-state index is 0.00447. The number of fused-ring (bicyclic) bond motifs is 2. The Morgan fingerprint density at radius 2 is 1.43 bits per heavy atom. The summed E-state index contributed by atoms with van der Waals surface area (Å²) in [4.78, 5) is 40.8. The summed E-state index contributed by atoms with van der Waals surface area (Å²) in [6.07, 6.45) is 1.07. The number of amides is 3. The number of rotatable bonds is 2. The number of hydrogen-bond acceptors (Lipinski definition) is 5. The van der Waals surface area contributed by atoms with Gasteiger partial charge in [-0.3, -0.25) is 14.4 Å². The molecule has 154 valence electrons. The molecule has 0 aromatic heterocycles. The maximum absolute atomic E-state index is 12.9. The van der Waals surface area contributed by atoms with Gasteiger partial charge in [-0.15, -0.1) is 0 Å². The maximum Gasteiger partial charge on any atom is 0.254 e. The first-order valence-electron chi connectivity index (χ1n) is 9.99. The molecule has 0 bridgehead atoms. The lowest BCUT2D eigenvalue weighted by Gasteiger charge is -2.35. The van der Waals surface area contributed by atoms with Gasteiger partial charge in [-0.1, -0.05) is 0 Å². The van der Waals surface area contributed by atoms with E-state index in [1.54, 1.807) is 40.1 Å². The molecular weight excluding hydrogens is 386 g/mol. The molecule has 1 fully saturated rings. The molecule has 0 spiro atoms. The van der Waals surface area contributed by atoms with Crippen molar-refractivity contribution < 1.29 is 23.9 Å². The van der Waals surface area contributed by atoms with Crippen LogP contribution in [-0.4, -0.2) is 60.5 Å². The Morgan fingerprint density at radius 1 is 0.800 bits per heavy atom. The molecule has 2 aromatic carbocycles. The summed E-state index contributed by atoms with van der Waals surface area (Å²) in [6, 6.07) is 10.6. The number of aryl methyl sites for hydroxylation is 1. The van der Waals surface area contributed by atoms with Crippen LogP contribution in [0, 0.1) is 0 Å². The number of piperazine rings is 1. The number of carbonyl (C=O) groups is 3. The highest BCUT2D eigenvalue weighted by Crippen LogP contribution is 2.33. The zero-order valence-corrected chi connectivity index (χ0v) is 16.3. The van der Waals surface area contributed by atoms with Crippen molar-refractivity contribution in [3.63, 3.8) is 0 Å². The molecule has 5 rings (SSSR count). The predicted octanol–water partition coefficient (Wildman–Crippen LogP) is 1.90. The Labute approximate surface area is 173 Å². The first-order valence-corrected chi connectivity index (χ1v) is 9.99. The fourth-order valence-corrected chi connectivity index (χ4v) is 4.02. The average molecular weight is 407 g/mol. The normalized spacial score (nSPS) is 17.4. The molecular formula is C22H21N3O5. The number of nitrogens with zero attached hydrogens (tertiary/aromatic N) is 2. The Balaban J connectivity index is 1.23. The van der Waals surface area contributed by atoms with Crippen LogP contribution in [0.2, 0.25) is 0 Å². The van der Waals surface area contributed by atoms with Crippen molar-refractivity contribution in [1.29, 1.82) is 0 Å². The van der Waals surface area contributed by atoms with Crippen molar-refractivity contribution in [2.45, 2.75) is 12.8 Å². The van der Waals surface area contributed by atoms with Crippen LogP contribution in [-0.2, 0) is 11.2 Å². The molecule has 0 saturated carbocycles. The number of ether oxygens (including phenoxy) is 2. The van der Waals surface area contributed by atoms with E-state index < -0.39 is 0 Å². The van der Waals surface area contributed by atoms with Crippen molar-refractivity contribution >= 4 is 23.4 Å². The Bertz CT molecular complexity index is 1040. The monoisotopic (exact) mass is 407 g/mol. The molecule has 3 aliphatic heterocycles. The summed E-state index contributed by atoms with van der Waals surface area (Å²) in [6.45, 7) is 2.06. The van der Waals surface area contributed by atoms with Gasteiger partial charge in [0.2, 0.25) is 12.7 Å². The van der Waals surface area contributed by atoms with Gasteiger partial charge in [0.15, 0.2) is 11.5 Å². The fourth-order valence-electron chi connectivity index (χ4n) is 4.02. The molecule has 0 aliphatic carbocycles. The Hall–Kier alpha value is -3.55. The van der Waals surface area contributed by atoms with Crippen LogP contribution in [0.5, 0.6) is 11.5 Å². The fraction of sp³-hybridized carbons (Fsp3) is 0.318. The van der Waals surface area contributed by atoms with E-state index in [2.05, 4.69) is 5.32 Å². The van der Waals surface area contributed by atoms with Crippen molar-refractivity contribution in [3.8, 4) is 11.5 Å². The van der Waals surface area contributed by atoms with Gasteiger partial charge in [0, 0.05) is 49.4 Å². The van der Waals surface area contributed by atoms with Crippen LogP contribution >= 0.6 is 0 Å². The van der Waals surface area contributed by atoms with Gasteiger partial charge in [0.1, 0.15) is 0 Å². The predicted molar refractivity (Wildman–Crippen MR) is 108 cm³/mol. The summed E-state index contributed by atoms with van der Waals surface area (Å²) in [5.41, 5.74) is 2.93. The summed E-state index contributed by atoms with van der Waals surface area (Å²) >= 11 is 0. The second-order valence-corrected chi connectivity index (χ2v) is 7.57. The van der Waals surface area contributed by atoms with Gasteiger partial charge in [0.05, 0.1) is 0 Å². The third-order valence-electron chi connectivity index (χ3n) is 5.72. The van der Waals surface area contributed by atoms with Crippen LogP contribution in [0.3, 0.4) is 0 Å². The standard InChI is InChI=1S/C22H21N3O5/c26-20-6-3-14-11-15(1-4-17(14)23-20)21(27)24-7-9-25(10-8-24)22(28)16-2-5-18-19(12-16)30-13-29-18/h1-2,4-5,11-12H,3,6-10,13H2,(H,23,26). The third kappa shape index (κ3) is 3.34. The molecule has 8 heteroatoms. The van der Waals surface area contributed by atoms with E-state index in [-0.39, 0.29) is 24.5 Å². The van der Waals surface area contributed by atoms with Crippen LogP contribution in [0.25, 0.3) is 0 Å². The van der Waals surface area contributed by atoms with Crippen LogP contribution in [0.1, 0.15) is 32.7 Å². The van der Waals surface area contributed by atoms with Crippen molar-refractivity contribution in [2.24, 2.45) is 0 Å². The van der Waals surface area contributed by atoms with E-state index in [4.69, 9.17) is 9.47 Å². The topological polar surface area (TPSA) is 88.2 Å². The first-order chi connectivity index (χ1) is 14.6. The second-order valence-electron chi connectivity index (χ2n) is 7.57. The van der Waals surface area contributed by atoms with E-state index >= 15 is 0 Å². The lowest BCUT2D eigenvalue weighted by Crippen LogP contribution is -2.50. The molecule has 8 nitrogen and oxygen atoms in total. The summed E-state index contributed by atoms with van der Waals surface area (Å²) < 4.78 is 10.6. The molecule has 1 saturated heterocycles. The quantitative estimate of drug-likeness (QED) is 0.822. The molecule has 0 radical (unpaired) electrons. The summed E-state index contributed by atoms with van der Waals surface area (Å²) in [7, 11) is 0. The number of carbonyl (C=O) groups excluding carboxylic acids is 3. The number of anilines is 1. The average Bonchev–Trinajstić information content (AvgIpc) is 3.26. The highest BCUT2D eigenvalue weighted by atomic mass is 16.7. The summed E-state index contributed by atoms with van der Waals surface area (Å²) in [5.74, 6) is 1.10. The maximum atomic E-state index is 12.9. The number of nitrogens with one attached hydrogen (secondary N) is 1. The van der Waals surface area contributed by atoms with Crippen molar-refractivity contribution in [3.05, 3.63) is 53.1 Å². The van der Waals surface area contributed by atoms with Crippen LogP contribution in [0.15, 0.2) is 36.4 Å². The van der Waals surface area contributed by atoms with E-state index in [1.165, 1.54) is 0 Å². The molecule has 2 aromatic rings. The van der Waals surface area contributed by atoms with Gasteiger partial charge in [-0.05, 0) is 48.4 Å². The molecule has 0 unspecified atom stereocenters. The Morgan fingerprint density at radius 3 is 2.17 bits per heavy atom. The molecule has 1 N–H and O–H groups in total. The van der Waals surface area contributed by atoms with Gasteiger partial charge in [-0.25, -0.2) is 0 Å². The van der Waals surface area contributed by atoms with Crippen molar-refractivity contribution in [2.75, 3.05) is 38.3 Å². The SMILES string of the molecule is O=C1CCc2cc(C(=O)N3CCN(C(=O)c4ccc5c(c4)OCO5)CC3)ccc2N1. The molecule has 0 atom stereocenters. The Kier molecular flexibility index (Phi) is 4.54. The lowest BCUT2D eigenvalue weighted by molar-refractivity contribution is -0.116. The first kappa shape index (κ1) is 18.5. The zero-order valence-electron chi connectivity index (χ0n) is 16.3. The van der Waals surface area contributed by atoms with E-state index in [0.29, 0.717) is 61.6 Å². The molecule has 3 amide bonds. The summed E-state index contributed by atoms with van der Waals surface area (Å²) in [5, 5.41) is 2.83.